The van der Waals surface area contributed by atoms with E-state index >= 15 is 0 Å². The molecule has 0 saturated heterocycles. The van der Waals surface area contributed by atoms with E-state index in [1.54, 1.807) is 26.2 Å². The van der Waals surface area contributed by atoms with Gasteiger partial charge in [-0.2, -0.15) is 5.10 Å². The van der Waals surface area contributed by atoms with Crippen molar-refractivity contribution in [2.24, 2.45) is 7.05 Å². The van der Waals surface area contributed by atoms with E-state index in [1.165, 1.54) is 4.68 Å². The van der Waals surface area contributed by atoms with Gasteiger partial charge in [0.15, 0.2) is 10.8 Å². The summed E-state index contributed by atoms with van der Waals surface area (Å²) < 4.78 is 1.46. The van der Waals surface area contributed by atoms with E-state index in [1.807, 2.05) is 0 Å². The predicted molar refractivity (Wildman–Crippen MR) is 74.6 cm³/mol. The molecule has 100 valence electrons. The first kappa shape index (κ1) is 13.6. The Kier molecular flexibility index (Phi) is 3.64. The normalized spacial score (nSPS) is 10.5. The van der Waals surface area contributed by atoms with Crippen LogP contribution >= 0.6 is 23.2 Å². The predicted octanol–water partition coefficient (Wildman–Crippen LogP) is 2.26. The number of halogens is 2. The third kappa shape index (κ3) is 2.80. The number of aromatic nitrogens is 3. The van der Waals surface area contributed by atoms with E-state index in [2.05, 4.69) is 15.4 Å². The molecule has 0 fully saturated rings. The molecule has 0 radical (unpaired) electrons. The number of anilines is 2. The molecule has 0 saturated carbocycles. The number of carbonyl (C=O) groups excluding carboxylic acids is 1. The molecule has 0 bridgehead atoms. The minimum atomic E-state index is -0.452. The number of nitrogen functional groups attached to an aromatic ring is 1. The largest absolute Gasteiger partial charge is 0.396 e. The highest BCUT2D eigenvalue weighted by Crippen LogP contribution is 2.27. The van der Waals surface area contributed by atoms with E-state index in [9.17, 15) is 4.79 Å². The highest BCUT2D eigenvalue weighted by molar-refractivity contribution is 6.35. The first-order valence-corrected chi connectivity index (χ1v) is 6.07. The number of amides is 1. The van der Waals surface area contributed by atoms with Crippen molar-refractivity contribution in [3.05, 3.63) is 33.8 Å². The highest BCUT2D eigenvalue weighted by Gasteiger charge is 2.17. The van der Waals surface area contributed by atoms with Gasteiger partial charge in [0.05, 0.1) is 11.4 Å². The fourth-order valence-electron chi connectivity index (χ4n) is 1.60. The summed E-state index contributed by atoms with van der Waals surface area (Å²) in [7, 11) is 1.68. The lowest BCUT2D eigenvalue weighted by Crippen LogP contribution is -2.16. The fraction of sp³-hybridized carbons (Fsp3) is 0.182. The molecule has 0 atom stereocenters. The van der Waals surface area contributed by atoms with E-state index in [-0.39, 0.29) is 21.7 Å². The summed E-state index contributed by atoms with van der Waals surface area (Å²) in [5, 5.41) is 6.98. The molecule has 2 rings (SSSR count). The average molecular weight is 300 g/mol. The highest BCUT2D eigenvalue weighted by atomic mass is 35.5. The monoisotopic (exact) mass is 299 g/mol. The van der Waals surface area contributed by atoms with Crippen LogP contribution < -0.4 is 11.1 Å². The number of nitrogens with zero attached hydrogens (tertiary/aromatic N) is 3. The van der Waals surface area contributed by atoms with Gasteiger partial charge in [0.25, 0.3) is 5.91 Å². The van der Waals surface area contributed by atoms with Crippen molar-refractivity contribution in [2.75, 3.05) is 11.1 Å². The van der Waals surface area contributed by atoms with Crippen LogP contribution in [0.1, 0.15) is 16.1 Å². The van der Waals surface area contributed by atoms with Crippen LogP contribution in [0.5, 0.6) is 0 Å². The molecule has 0 unspecified atom stereocenters. The Morgan fingerprint density at radius 1 is 1.47 bits per heavy atom. The Bertz CT molecular complexity index is 630. The van der Waals surface area contributed by atoms with Crippen LogP contribution in [-0.2, 0) is 7.05 Å². The second-order valence-electron chi connectivity index (χ2n) is 3.99. The van der Waals surface area contributed by atoms with E-state index in [0.717, 1.165) is 0 Å². The van der Waals surface area contributed by atoms with Gasteiger partial charge in [-0.05, 0) is 18.6 Å². The van der Waals surface area contributed by atoms with E-state index in [4.69, 9.17) is 28.9 Å². The zero-order valence-electron chi connectivity index (χ0n) is 10.2. The standard InChI is InChI=1S/C11H11Cl2N5O/c1-5-3-7(12)15-10(13)8(5)16-11(19)9-6(14)4-18(2)17-9/h3-4H,14H2,1-2H3,(H,16,19). The second kappa shape index (κ2) is 5.07. The molecule has 2 heterocycles. The summed E-state index contributed by atoms with van der Waals surface area (Å²) in [6, 6.07) is 1.60. The van der Waals surface area contributed by atoms with Crippen molar-refractivity contribution in [3.8, 4) is 0 Å². The maximum absolute atomic E-state index is 12.1. The summed E-state index contributed by atoms with van der Waals surface area (Å²) in [5.74, 6) is -0.452. The van der Waals surface area contributed by atoms with Crippen molar-refractivity contribution in [1.82, 2.24) is 14.8 Å². The molecule has 19 heavy (non-hydrogen) atoms. The number of nitrogens with two attached hydrogens (primary N) is 1. The zero-order valence-corrected chi connectivity index (χ0v) is 11.7. The zero-order chi connectivity index (χ0) is 14.2. The first-order chi connectivity index (χ1) is 8.88. The van der Waals surface area contributed by atoms with Crippen LogP contribution in [-0.4, -0.2) is 20.7 Å². The van der Waals surface area contributed by atoms with Crippen LogP contribution in [0.3, 0.4) is 0 Å². The van der Waals surface area contributed by atoms with E-state index in [0.29, 0.717) is 11.3 Å². The maximum atomic E-state index is 12.1. The Labute approximate surface area is 119 Å². The minimum absolute atomic E-state index is 0.118. The molecule has 8 heteroatoms. The van der Waals surface area contributed by atoms with Crippen LogP contribution in [0.2, 0.25) is 10.3 Å². The van der Waals surface area contributed by atoms with Gasteiger partial charge in [0, 0.05) is 13.2 Å². The number of nitrogens with one attached hydrogen (secondary N) is 1. The number of rotatable bonds is 2. The SMILES string of the molecule is Cc1cc(Cl)nc(Cl)c1NC(=O)c1nn(C)cc1N. The maximum Gasteiger partial charge on any atom is 0.278 e. The molecule has 0 spiro atoms. The van der Waals surface area contributed by atoms with Crippen LogP contribution in [0.15, 0.2) is 12.3 Å². The van der Waals surface area contributed by atoms with Crippen LogP contribution in [0, 0.1) is 6.92 Å². The summed E-state index contributed by atoms with van der Waals surface area (Å²) in [6.45, 7) is 1.76. The quantitative estimate of drug-likeness (QED) is 0.833. The molecule has 0 aliphatic rings. The smallest absolute Gasteiger partial charge is 0.278 e. The summed E-state index contributed by atoms with van der Waals surface area (Å²) >= 11 is 11.7. The van der Waals surface area contributed by atoms with Crippen molar-refractivity contribution < 1.29 is 4.79 Å². The molecule has 0 aromatic carbocycles. The lowest BCUT2D eigenvalue weighted by Gasteiger charge is -2.09. The Morgan fingerprint density at radius 3 is 2.68 bits per heavy atom. The van der Waals surface area contributed by atoms with Gasteiger partial charge in [0.2, 0.25) is 0 Å². The van der Waals surface area contributed by atoms with Crippen molar-refractivity contribution in [3.63, 3.8) is 0 Å². The van der Waals surface area contributed by atoms with Gasteiger partial charge >= 0.3 is 0 Å². The minimum Gasteiger partial charge on any atom is -0.396 e. The Morgan fingerprint density at radius 2 is 2.16 bits per heavy atom. The average Bonchev–Trinajstić information content (AvgIpc) is 2.62. The second-order valence-corrected chi connectivity index (χ2v) is 4.73. The topological polar surface area (TPSA) is 85.8 Å². The summed E-state index contributed by atoms with van der Waals surface area (Å²) in [5.41, 5.74) is 7.19. The molecular formula is C11H11Cl2N5O. The molecule has 0 aliphatic carbocycles. The number of hydrogen-bond donors (Lipinski definition) is 2. The van der Waals surface area contributed by atoms with Gasteiger partial charge in [0.1, 0.15) is 5.15 Å². The van der Waals surface area contributed by atoms with Gasteiger partial charge in [-0.25, -0.2) is 4.98 Å². The molecule has 3 N–H and O–H groups in total. The summed E-state index contributed by atoms with van der Waals surface area (Å²) in [4.78, 5) is 15.9. The van der Waals surface area contributed by atoms with Crippen molar-refractivity contribution >= 4 is 40.5 Å². The third-order valence-corrected chi connectivity index (χ3v) is 2.92. The molecule has 1 amide bonds. The lowest BCUT2D eigenvalue weighted by atomic mass is 10.2. The van der Waals surface area contributed by atoms with Gasteiger partial charge in [-0.15, -0.1) is 0 Å². The Hall–Kier alpha value is -1.79. The Balaban J connectivity index is 2.32. The molecule has 2 aromatic rings. The number of carbonyl (C=O) groups is 1. The molecule has 2 aromatic heterocycles. The lowest BCUT2D eigenvalue weighted by molar-refractivity contribution is 0.102. The molecule has 0 aliphatic heterocycles. The first-order valence-electron chi connectivity index (χ1n) is 5.31. The molecule has 6 nitrogen and oxygen atoms in total. The molecular weight excluding hydrogens is 289 g/mol. The third-order valence-electron chi connectivity index (χ3n) is 2.45. The van der Waals surface area contributed by atoms with Crippen LogP contribution in [0.25, 0.3) is 0 Å². The number of pyridine rings is 1. The summed E-state index contributed by atoms with van der Waals surface area (Å²) in [6.07, 6.45) is 1.55. The number of aryl methyl sites for hydroxylation is 2. The van der Waals surface area contributed by atoms with E-state index < -0.39 is 5.91 Å². The van der Waals surface area contributed by atoms with Crippen LogP contribution in [0.4, 0.5) is 11.4 Å². The van der Waals surface area contributed by atoms with Gasteiger partial charge in [-0.3, -0.25) is 9.48 Å². The van der Waals surface area contributed by atoms with Gasteiger partial charge in [-0.1, -0.05) is 23.2 Å². The fourth-order valence-corrected chi connectivity index (χ4v) is 2.18. The van der Waals surface area contributed by atoms with Crippen molar-refractivity contribution in [2.45, 2.75) is 6.92 Å². The number of hydrogen-bond acceptors (Lipinski definition) is 4. The van der Waals surface area contributed by atoms with Gasteiger partial charge < -0.3 is 11.1 Å². The van der Waals surface area contributed by atoms with Crippen molar-refractivity contribution in [1.29, 1.82) is 0 Å².